The minimum atomic E-state index is 0.324. The molecule has 0 fully saturated rings. The Kier molecular flexibility index (Phi) is 7.10. The number of hydrogen-bond donors (Lipinski definition) is 1. The van der Waals surface area contributed by atoms with Crippen molar-refractivity contribution in [2.24, 2.45) is 0 Å². The third-order valence-corrected chi connectivity index (χ3v) is 5.21. The predicted molar refractivity (Wildman–Crippen MR) is 116 cm³/mol. The molecular weight excluding hydrogens is 328 g/mol. The molecule has 3 aromatic carbocycles. The van der Waals surface area contributed by atoms with Crippen LogP contribution in [0.25, 0.3) is 22.3 Å². The lowest BCUT2D eigenvalue weighted by molar-refractivity contribution is 0.477. The standard InChI is InChI=1S/C26H30O/c1-2-3-4-5-6-7-12-21-17-19-22(20-18-21)23-13-8-9-14-24(23)25-15-10-11-16-26(25)27/h8-11,13-20,27H,2-7,12H2,1H3. The number of phenolic OH excluding ortho intramolecular Hbond substituents is 1. The summed E-state index contributed by atoms with van der Waals surface area (Å²) in [7, 11) is 0. The molecule has 0 saturated carbocycles. The lowest BCUT2D eigenvalue weighted by Crippen LogP contribution is -1.89. The fraction of sp³-hybridized carbons (Fsp3) is 0.308. The van der Waals surface area contributed by atoms with Gasteiger partial charge in [0.15, 0.2) is 0 Å². The summed E-state index contributed by atoms with van der Waals surface area (Å²) in [5.74, 6) is 0.324. The summed E-state index contributed by atoms with van der Waals surface area (Å²) in [6, 6.07) is 24.8. The molecule has 0 aromatic heterocycles. The van der Waals surface area contributed by atoms with E-state index in [9.17, 15) is 5.11 Å². The number of aryl methyl sites for hydroxylation is 1. The summed E-state index contributed by atoms with van der Waals surface area (Å²) >= 11 is 0. The second-order valence-electron chi connectivity index (χ2n) is 7.28. The molecule has 0 unspecified atom stereocenters. The van der Waals surface area contributed by atoms with Crippen LogP contribution in [0.1, 0.15) is 51.0 Å². The van der Waals surface area contributed by atoms with Gasteiger partial charge < -0.3 is 5.11 Å². The topological polar surface area (TPSA) is 20.2 Å². The van der Waals surface area contributed by atoms with Gasteiger partial charge in [0, 0.05) is 5.56 Å². The number of aromatic hydroxyl groups is 1. The van der Waals surface area contributed by atoms with Crippen LogP contribution in [0.15, 0.2) is 72.8 Å². The van der Waals surface area contributed by atoms with Crippen LogP contribution >= 0.6 is 0 Å². The SMILES string of the molecule is CCCCCCCCc1ccc(-c2ccccc2-c2ccccc2O)cc1. The number of para-hydroxylation sites is 1. The third-order valence-electron chi connectivity index (χ3n) is 5.21. The Bertz CT molecular complexity index is 833. The van der Waals surface area contributed by atoms with Crippen molar-refractivity contribution in [2.75, 3.05) is 0 Å². The normalized spacial score (nSPS) is 10.9. The first kappa shape index (κ1) is 19.2. The van der Waals surface area contributed by atoms with E-state index in [0.29, 0.717) is 5.75 Å². The molecule has 140 valence electrons. The van der Waals surface area contributed by atoms with Crippen LogP contribution in [0.5, 0.6) is 5.75 Å². The smallest absolute Gasteiger partial charge is 0.123 e. The first-order valence-electron chi connectivity index (χ1n) is 10.3. The quantitative estimate of drug-likeness (QED) is 0.390. The summed E-state index contributed by atoms with van der Waals surface area (Å²) in [6.45, 7) is 2.26. The van der Waals surface area contributed by atoms with Gasteiger partial charge in [-0.3, -0.25) is 0 Å². The Morgan fingerprint density at radius 3 is 1.89 bits per heavy atom. The minimum Gasteiger partial charge on any atom is -0.507 e. The summed E-state index contributed by atoms with van der Waals surface area (Å²) in [5.41, 5.74) is 5.71. The largest absolute Gasteiger partial charge is 0.507 e. The third kappa shape index (κ3) is 5.23. The van der Waals surface area contributed by atoms with Gasteiger partial charge >= 0.3 is 0 Å². The van der Waals surface area contributed by atoms with E-state index in [4.69, 9.17) is 0 Å². The first-order valence-corrected chi connectivity index (χ1v) is 10.3. The highest BCUT2D eigenvalue weighted by molar-refractivity contribution is 5.85. The van der Waals surface area contributed by atoms with Gasteiger partial charge in [-0.05, 0) is 41.2 Å². The zero-order valence-corrected chi connectivity index (χ0v) is 16.3. The van der Waals surface area contributed by atoms with Crippen LogP contribution in [0.4, 0.5) is 0 Å². The van der Waals surface area contributed by atoms with Crippen molar-refractivity contribution in [3.05, 3.63) is 78.4 Å². The molecule has 0 aliphatic rings. The van der Waals surface area contributed by atoms with Gasteiger partial charge in [0.05, 0.1) is 0 Å². The van der Waals surface area contributed by atoms with E-state index >= 15 is 0 Å². The van der Waals surface area contributed by atoms with Crippen molar-refractivity contribution in [3.8, 4) is 28.0 Å². The van der Waals surface area contributed by atoms with Gasteiger partial charge in [0.2, 0.25) is 0 Å². The number of hydrogen-bond acceptors (Lipinski definition) is 1. The highest BCUT2D eigenvalue weighted by Crippen LogP contribution is 2.36. The van der Waals surface area contributed by atoms with E-state index in [2.05, 4.69) is 49.4 Å². The molecule has 1 heteroatoms. The van der Waals surface area contributed by atoms with Crippen molar-refractivity contribution in [2.45, 2.75) is 51.9 Å². The molecule has 3 rings (SSSR count). The van der Waals surface area contributed by atoms with E-state index in [1.807, 2.05) is 24.3 Å². The van der Waals surface area contributed by atoms with Crippen molar-refractivity contribution in [1.82, 2.24) is 0 Å². The van der Waals surface area contributed by atoms with Crippen molar-refractivity contribution >= 4 is 0 Å². The fourth-order valence-electron chi connectivity index (χ4n) is 3.63. The molecule has 0 heterocycles. The Balaban J connectivity index is 1.70. The molecule has 0 aliphatic heterocycles. The molecule has 0 radical (unpaired) electrons. The molecule has 0 aliphatic carbocycles. The molecular formula is C26H30O. The van der Waals surface area contributed by atoms with E-state index in [1.165, 1.54) is 49.7 Å². The summed E-state index contributed by atoms with van der Waals surface area (Å²) in [6.07, 6.45) is 9.18. The Labute approximate surface area is 163 Å². The maximum Gasteiger partial charge on any atom is 0.123 e. The maximum atomic E-state index is 10.3. The maximum absolute atomic E-state index is 10.3. The van der Waals surface area contributed by atoms with E-state index in [0.717, 1.165) is 23.1 Å². The van der Waals surface area contributed by atoms with Gasteiger partial charge in [0.1, 0.15) is 5.75 Å². The Morgan fingerprint density at radius 1 is 0.593 bits per heavy atom. The zero-order chi connectivity index (χ0) is 18.9. The average molecular weight is 359 g/mol. The number of unbranched alkanes of at least 4 members (excludes halogenated alkanes) is 5. The number of rotatable bonds is 9. The van der Waals surface area contributed by atoms with E-state index < -0.39 is 0 Å². The predicted octanol–water partition coefficient (Wildman–Crippen LogP) is 7.63. The number of benzene rings is 3. The van der Waals surface area contributed by atoms with Crippen LogP contribution in [0.2, 0.25) is 0 Å². The highest BCUT2D eigenvalue weighted by Gasteiger charge is 2.10. The molecule has 3 aromatic rings. The molecule has 1 nitrogen and oxygen atoms in total. The Hall–Kier alpha value is -2.54. The molecule has 0 amide bonds. The molecule has 27 heavy (non-hydrogen) atoms. The van der Waals surface area contributed by atoms with Gasteiger partial charge in [-0.1, -0.05) is 106 Å². The summed E-state index contributed by atoms with van der Waals surface area (Å²) in [4.78, 5) is 0. The summed E-state index contributed by atoms with van der Waals surface area (Å²) < 4.78 is 0. The van der Waals surface area contributed by atoms with Crippen molar-refractivity contribution in [1.29, 1.82) is 0 Å². The first-order chi connectivity index (χ1) is 13.3. The lowest BCUT2D eigenvalue weighted by atomic mass is 9.93. The van der Waals surface area contributed by atoms with E-state index in [-0.39, 0.29) is 0 Å². The van der Waals surface area contributed by atoms with Crippen LogP contribution < -0.4 is 0 Å². The number of phenols is 1. The van der Waals surface area contributed by atoms with E-state index in [1.54, 1.807) is 6.07 Å². The Morgan fingerprint density at radius 2 is 1.19 bits per heavy atom. The summed E-state index contributed by atoms with van der Waals surface area (Å²) in [5, 5.41) is 10.3. The fourth-order valence-corrected chi connectivity index (χ4v) is 3.63. The average Bonchev–Trinajstić information content (AvgIpc) is 2.71. The second-order valence-corrected chi connectivity index (χ2v) is 7.28. The molecule has 0 spiro atoms. The van der Waals surface area contributed by atoms with Crippen LogP contribution in [0, 0.1) is 0 Å². The van der Waals surface area contributed by atoms with Gasteiger partial charge in [-0.15, -0.1) is 0 Å². The molecule has 0 bridgehead atoms. The van der Waals surface area contributed by atoms with Crippen LogP contribution in [0.3, 0.4) is 0 Å². The lowest BCUT2D eigenvalue weighted by Gasteiger charge is -2.12. The van der Waals surface area contributed by atoms with Gasteiger partial charge in [-0.2, -0.15) is 0 Å². The van der Waals surface area contributed by atoms with Crippen molar-refractivity contribution < 1.29 is 5.11 Å². The molecule has 1 N–H and O–H groups in total. The molecule has 0 saturated heterocycles. The monoisotopic (exact) mass is 358 g/mol. The zero-order valence-electron chi connectivity index (χ0n) is 16.3. The molecule has 0 atom stereocenters. The van der Waals surface area contributed by atoms with Crippen LogP contribution in [-0.4, -0.2) is 5.11 Å². The van der Waals surface area contributed by atoms with Crippen molar-refractivity contribution in [3.63, 3.8) is 0 Å². The van der Waals surface area contributed by atoms with Crippen LogP contribution in [-0.2, 0) is 6.42 Å². The van der Waals surface area contributed by atoms with Gasteiger partial charge in [-0.25, -0.2) is 0 Å². The second kappa shape index (κ2) is 9.97. The van der Waals surface area contributed by atoms with Gasteiger partial charge in [0.25, 0.3) is 0 Å². The minimum absolute atomic E-state index is 0.324. The highest BCUT2D eigenvalue weighted by atomic mass is 16.3.